The van der Waals surface area contributed by atoms with Gasteiger partial charge in [0, 0.05) is 23.9 Å². The number of hydrogen-bond donors (Lipinski definition) is 0. The summed E-state index contributed by atoms with van der Waals surface area (Å²) in [5, 5.41) is 0.442. The van der Waals surface area contributed by atoms with E-state index in [0.29, 0.717) is 30.9 Å². The minimum Gasteiger partial charge on any atom is -0.465 e. The van der Waals surface area contributed by atoms with Crippen molar-refractivity contribution in [1.82, 2.24) is 4.31 Å². The standard InChI is InChI=1S/C18H24ClNO6S/c1-3-14-11-18(9-10-25-26-18)12-16(17(21)24-4-2)20(14)27(22,23)15-7-5-13(19)6-8-15/h5-8,14,16H,3-4,9-12H2,1-2H3. The quantitative estimate of drug-likeness (QED) is 0.541. The molecule has 2 aliphatic rings. The van der Waals surface area contributed by atoms with Gasteiger partial charge in [0.1, 0.15) is 11.6 Å². The topological polar surface area (TPSA) is 82.1 Å². The number of halogens is 1. The Kier molecular flexibility index (Phi) is 6.12. The van der Waals surface area contributed by atoms with Crippen LogP contribution in [-0.2, 0) is 29.3 Å². The minimum atomic E-state index is -3.92. The lowest BCUT2D eigenvalue weighted by Crippen LogP contribution is -2.60. The van der Waals surface area contributed by atoms with Gasteiger partial charge in [-0.25, -0.2) is 18.2 Å². The van der Waals surface area contributed by atoms with Crippen LogP contribution < -0.4 is 0 Å². The van der Waals surface area contributed by atoms with Crippen LogP contribution in [0.5, 0.6) is 0 Å². The number of hydrogen-bond acceptors (Lipinski definition) is 6. The summed E-state index contributed by atoms with van der Waals surface area (Å²) in [6, 6.07) is 4.57. The fourth-order valence-electron chi connectivity index (χ4n) is 3.85. The number of piperidine rings is 1. The van der Waals surface area contributed by atoms with Gasteiger partial charge in [-0.3, -0.25) is 4.79 Å². The van der Waals surface area contributed by atoms with Crippen LogP contribution in [0.15, 0.2) is 29.2 Å². The van der Waals surface area contributed by atoms with Crippen LogP contribution in [0.25, 0.3) is 0 Å². The summed E-state index contributed by atoms with van der Waals surface area (Å²) in [4.78, 5) is 23.4. The third kappa shape index (κ3) is 4.00. The number of carbonyl (C=O) groups is 1. The van der Waals surface area contributed by atoms with Gasteiger partial charge in [-0.1, -0.05) is 18.5 Å². The Hall–Kier alpha value is -1.19. The molecule has 0 saturated carbocycles. The van der Waals surface area contributed by atoms with Crippen molar-refractivity contribution in [2.45, 2.75) is 62.1 Å². The number of ether oxygens (including phenoxy) is 1. The van der Waals surface area contributed by atoms with Gasteiger partial charge in [0.2, 0.25) is 10.0 Å². The monoisotopic (exact) mass is 417 g/mol. The van der Waals surface area contributed by atoms with Gasteiger partial charge in [0.15, 0.2) is 0 Å². The maximum absolute atomic E-state index is 13.4. The average Bonchev–Trinajstić information content (AvgIpc) is 3.08. The van der Waals surface area contributed by atoms with E-state index < -0.39 is 33.7 Å². The van der Waals surface area contributed by atoms with Crippen molar-refractivity contribution in [3.05, 3.63) is 29.3 Å². The Morgan fingerprint density at radius 1 is 1.30 bits per heavy atom. The van der Waals surface area contributed by atoms with E-state index in [0.717, 1.165) is 0 Å². The van der Waals surface area contributed by atoms with Gasteiger partial charge in [-0.05, 0) is 44.0 Å². The second-order valence-corrected chi connectivity index (χ2v) is 9.14. The second-order valence-electron chi connectivity index (χ2n) is 6.87. The van der Waals surface area contributed by atoms with E-state index in [1.54, 1.807) is 6.92 Å². The normalized spacial score (nSPS) is 29.1. The SMILES string of the molecule is CCOC(=O)C1CC2(CCOO2)CC(CC)N1S(=O)(=O)c1ccc(Cl)cc1. The summed E-state index contributed by atoms with van der Waals surface area (Å²) in [7, 11) is -3.92. The molecule has 0 bridgehead atoms. The molecular weight excluding hydrogens is 394 g/mol. The van der Waals surface area contributed by atoms with Gasteiger partial charge in [-0.2, -0.15) is 4.31 Å². The summed E-state index contributed by atoms with van der Waals surface area (Å²) in [6.45, 7) is 4.19. The lowest BCUT2D eigenvalue weighted by Gasteiger charge is -2.45. The van der Waals surface area contributed by atoms with Crippen molar-refractivity contribution in [2.24, 2.45) is 0 Å². The van der Waals surface area contributed by atoms with Gasteiger partial charge >= 0.3 is 5.97 Å². The molecule has 3 unspecified atom stereocenters. The number of nitrogens with zero attached hydrogens (tertiary/aromatic N) is 1. The van der Waals surface area contributed by atoms with E-state index in [1.165, 1.54) is 28.6 Å². The third-order valence-corrected chi connectivity index (χ3v) is 7.36. The first kappa shape index (κ1) is 20.5. The largest absolute Gasteiger partial charge is 0.465 e. The lowest BCUT2D eigenvalue weighted by atomic mass is 9.81. The fourth-order valence-corrected chi connectivity index (χ4v) is 5.81. The molecule has 1 aromatic rings. The van der Waals surface area contributed by atoms with E-state index in [2.05, 4.69) is 0 Å². The summed E-state index contributed by atoms with van der Waals surface area (Å²) < 4.78 is 33.3. The molecule has 1 aromatic carbocycles. The Balaban J connectivity index is 2.03. The van der Waals surface area contributed by atoms with Crippen LogP contribution in [0.3, 0.4) is 0 Å². The average molecular weight is 418 g/mol. The summed E-state index contributed by atoms with van der Waals surface area (Å²) >= 11 is 5.89. The number of rotatable bonds is 5. The Morgan fingerprint density at radius 3 is 2.56 bits per heavy atom. The zero-order valence-corrected chi connectivity index (χ0v) is 17.0. The first-order valence-corrected chi connectivity index (χ1v) is 10.9. The van der Waals surface area contributed by atoms with E-state index in [4.69, 9.17) is 26.1 Å². The number of sulfonamides is 1. The highest BCUT2D eigenvalue weighted by Crippen LogP contribution is 2.43. The minimum absolute atomic E-state index is 0.0965. The Labute approximate surface area is 164 Å². The van der Waals surface area contributed by atoms with Crippen LogP contribution in [-0.4, -0.2) is 49.6 Å². The van der Waals surface area contributed by atoms with Crippen molar-refractivity contribution in [3.63, 3.8) is 0 Å². The van der Waals surface area contributed by atoms with E-state index in [1.807, 2.05) is 6.92 Å². The number of benzene rings is 1. The molecule has 0 radical (unpaired) electrons. The molecule has 0 amide bonds. The first-order valence-electron chi connectivity index (χ1n) is 9.09. The molecule has 0 aromatic heterocycles. The van der Waals surface area contributed by atoms with Crippen molar-refractivity contribution >= 4 is 27.6 Å². The second kappa shape index (κ2) is 8.05. The fraction of sp³-hybridized carbons (Fsp3) is 0.611. The van der Waals surface area contributed by atoms with E-state index in [9.17, 15) is 13.2 Å². The molecule has 27 heavy (non-hydrogen) atoms. The highest BCUT2D eigenvalue weighted by Gasteiger charge is 2.54. The Bertz CT molecular complexity index is 776. The zero-order chi connectivity index (χ0) is 19.7. The van der Waals surface area contributed by atoms with Crippen molar-refractivity contribution in [2.75, 3.05) is 13.2 Å². The third-order valence-electron chi connectivity index (χ3n) is 5.14. The maximum atomic E-state index is 13.4. The number of carbonyl (C=O) groups excluding carboxylic acids is 1. The predicted octanol–water partition coefficient (Wildman–Crippen LogP) is 2.93. The van der Waals surface area contributed by atoms with Gasteiger partial charge in [0.05, 0.1) is 18.1 Å². The molecule has 2 fully saturated rings. The molecule has 2 heterocycles. The van der Waals surface area contributed by atoms with E-state index >= 15 is 0 Å². The molecule has 2 aliphatic heterocycles. The van der Waals surface area contributed by atoms with E-state index in [-0.39, 0.29) is 17.9 Å². The van der Waals surface area contributed by atoms with Gasteiger partial charge in [0.25, 0.3) is 0 Å². The summed E-state index contributed by atoms with van der Waals surface area (Å²) in [5.74, 6) is -0.567. The predicted molar refractivity (Wildman–Crippen MR) is 98.6 cm³/mol. The van der Waals surface area contributed by atoms with Crippen LogP contribution in [0.2, 0.25) is 5.02 Å². The molecule has 3 atom stereocenters. The summed E-state index contributed by atoms with van der Waals surface area (Å²) in [5.41, 5.74) is -0.663. The molecule has 0 N–H and O–H groups in total. The van der Waals surface area contributed by atoms with Crippen LogP contribution in [0.4, 0.5) is 0 Å². The Morgan fingerprint density at radius 2 is 2.00 bits per heavy atom. The molecular formula is C18H24ClNO6S. The lowest BCUT2D eigenvalue weighted by molar-refractivity contribution is -0.319. The van der Waals surface area contributed by atoms with Crippen LogP contribution >= 0.6 is 11.6 Å². The molecule has 3 rings (SSSR count). The van der Waals surface area contributed by atoms with Crippen molar-refractivity contribution < 1.29 is 27.7 Å². The maximum Gasteiger partial charge on any atom is 0.324 e. The molecule has 7 nitrogen and oxygen atoms in total. The summed E-state index contributed by atoms with van der Waals surface area (Å²) in [6.07, 6.45) is 1.82. The molecule has 0 aliphatic carbocycles. The van der Waals surface area contributed by atoms with Crippen molar-refractivity contribution in [1.29, 1.82) is 0 Å². The van der Waals surface area contributed by atoms with Crippen LogP contribution in [0.1, 0.15) is 39.5 Å². The molecule has 150 valence electrons. The zero-order valence-electron chi connectivity index (χ0n) is 15.4. The van der Waals surface area contributed by atoms with Gasteiger partial charge < -0.3 is 4.74 Å². The molecule has 2 saturated heterocycles. The highest BCUT2D eigenvalue weighted by atomic mass is 35.5. The first-order chi connectivity index (χ1) is 12.8. The van der Waals surface area contributed by atoms with Crippen molar-refractivity contribution in [3.8, 4) is 0 Å². The van der Waals surface area contributed by atoms with Gasteiger partial charge in [-0.15, -0.1) is 0 Å². The molecule has 9 heteroatoms. The van der Waals surface area contributed by atoms with Crippen LogP contribution in [0, 0.1) is 0 Å². The number of esters is 1. The smallest absolute Gasteiger partial charge is 0.324 e. The highest BCUT2D eigenvalue weighted by molar-refractivity contribution is 7.89. The molecule has 1 spiro atoms.